The molecule has 2 N–H and O–H groups in total. The number of amides is 2. The average Bonchev–Trinajstić information content (AvgIpc) is 2.67. The molecule has 1 saturated heterocycles. The van der Waals surface area contributed by atoms with E-state index in [2.05, 4.69) is 17.2 Å². The minimum Gasteiger partial charge on any atom is -0.481 e. The predicted molar refractivity (Wildman–Crippen MR) is 106 cm³/mol. The van der Waals surface area contributed by atoms with Gasteiger partial charge in [-0.15, -0.1) is 0 Å². The zero-order valence-electron chi connectivity index (χ0n) is 16.3. The topological polar surface area (TPSA) is 101 Å². The van der Waals surface area contributed by atoms with Crippen LogP contribution >= 0.6 is 0 Å². The number of Topliss-reactive ketones (excluding diaryl/α,β-unsaturated/α-hetero) is 1. The molecular weight excluding hydrogens is 370 g/mol. The van der Waals surface area contributed by atoms with Crippen molar-refractivity contribution in [1.29, 1.82) is 0 Å². The summed E-state index contributed by atoms with van der Waals surface area (Å²) < 4.78 is 0. The number of aliphatic carboxylic acids is 1. The number of ketones is 1. The number of hydrogen-bond donors (Lipinski definition) is 2. The van der Waals surface area contributed by atoms with Gasteiger partial charge in [-0.1, -0.05) is 30.4 Å². The molecule has 1 aliphatic carbocycles. The smallest absolute Gasteiger partial charge is 0.303 e. The number of fused-ring (bicyclic) bond motifs is 1. The second kappa shape index (κ2) is 9.51. The molecule has 1 aliphatic heterocycles. The number of piperidine rings is 1. The normalized spacial score (nSPS) is 21.0. The van der Waals surface area contributed by atoms with Crippen LogP contribution in [0.2, 0.25) is 0 Å². The number of imide groups is 1. The molecule has 0 saturated carbocycles. The molecular formula is C23H25NO5. The Balaban J connectivity index is 1.67. The van der Waals surface area contributed by atoms with E-state index in [-0.39, 0.29) is 35.9 Å². The van der Waals surface area contributed by atoms with Crippen molar-refractivity contribution in [2.45, 2.75) is 57.8 Å². The maximum atomic E-state index is 12.7. The number of carboxylic acid groups (broad SMARTS) is 1. The Morgan fingerprint density at radius 1 is 1.14 bits per heavy atom. The molecule has 1 fully saturated rings. The van der Waals surface area contributed by atoms with E-state index in [4.69, 9.17) is 5.11 Å². The van der Waals surface area contributed by atoms with Crippen molar-refractivity contribution in [3.05, 3.63) is 34.9 Å². The number of hydrogen-bond acceptors (Lipinski definition) is 4. The molecule has 0 aromatic heterocycles. The van der Waals surface area contributed by atoms with E-state index in [1.165, 1.54) is 0 Å². The maximum Gasteiger partial charge on any atom is 0.303 e. The third-order valence-electron chi connectivity index (χ3n) is 5.66. The number of carbonyl (C=O) groups excluding carboxylic acids is 3. The Morgan fingerprint density at radius 3 is 2.72 bits per heavy atom. The lowest BCUT2D eigenvalue weighted by molar-refractivity contribution is -0.138. The zero-order chi connectivity index (χ0) is 20.8. The molecule has 2 aliphatic rings. The fraction of sp³-hybridized carbons (Fsp3) is 0.478. The van der Waals surface area contributed by atoms with Crippen molar-refractivity contribution in [1.82, 2.24) is 5.32 Å². The van der Waals surface area contributed by atoms with Gasteiger partial charge in [-0.3, -0.25) is 24.5 Å². The predicted octanol–water partition coefficient (Wildman–Crippen LogP) is 2.87. The molecule has 2 atom stereocenters. The van der Waals surface area contributed by atoms with E-state index in [1.807, 2.05) is 18.2 Å². The van der Waals surface area contributed by atoms with Gasteiger partial charge < -0.3 is 5.11 Å². The summed E-state index contributed by atoms with van der Waals surface area (Å²) in [6.45, 7) is 0. The van der Waals surface area contributed by atoms with Crippen molar-refractivity contribution in [2.75, 3.05) is 0 Å². The summed E-state index contributed by atoms with van der Waals surface area (Å²) in [7, 11) is 0. The van der Waals surface area contributed by atoms with Gasteiger partial charge in [0, 0.05) is 42.7 Å². The zero-order valence-corrected chi connectivity index (χ0v) is 16.3. The van der Waals surface area contributed by atoms with Crippen molar-refractivity contribution < 1.29 is 24.3 Å². The number of unbranched alkanes of at least 4 members (excludes halogenated alkanes) is 3. The largest absolute Gasteiger partial charge is 0.481 e. The average molecular weight is 395 g/mol. The molecule has 2 unspecified atom stereocenters. The third kappa shape index (κ3) is 5.32. The Kier molecular flexibility index (Phi) is 6.82. The number of carbonyl (C=O) groups is 4. The van der Waals surface area contributed by atoms with Crippen LogP contribution in [0.1, 0.15) is 72.9 Å². The van der Waals surface area contributed by atoms with E-state index < -0.39 is 5.97 Å². The van der Waals surface area contributed by atoms with Crippen LogP contribution < -0.4 is 5.32 Å². The van der Waals surface area contributed by atoms with Crippen LogP contribution in [0.5, 0.6) is 0 Å². The van der Waals surface area contributed by atoms with Gasteiger partial charge in [0.15, 0.2) is 5.78 Å². The first-order chi connectivity index (χ1) is 14.0. The highest BCUT2D eigenvalue weighted by Gasteiger charge is 2.38. The van der Waals surface area contributed by atoms with Crippen molar-refractivity contribution in [3.8, 4) is 11.8 Å². The molecule has 1 heterocycles. The Morgan fingerprint density at radius 2 is 1.97 bits per heavy atom. The molecule has 0 bridgehead atoms. The number of rotatable bonds is 6. The van der Waals surface area contributed by atoms with E-state index >= 15 is 0 Å². The Hall–Kier alpha value is -2.94. The lowest BCUT2D eigenvalue weighted by atomic mass is 9.72. The van der Waals surface area contributed by atoms with Crippen LogP contribution in [0.4, 0.5) is 0 Å². The van der Waals surface area contributed by atoms with Gasteiger partial charge >= 0.3 is 5.97 Å². The van der Waals surface area contributed by atoms with Gasteiger partial charge in [-0.05, 0) is 43.2 Å². The van der Waals surface area contributed by atoms with E-state index in [0.717, 1.165) is 24.0 Å². The first-order valence-electron chi connectivity index (χ1n) is 10.1. The number of nitrogens with one attached hydrogen (secondary N) is 1. The van der Waals surface area contributed by atoms with E-state index in [0.29, 0.717) is 44.1 Å². The Labute approximate surface area is 170 Å². The molecule has 6 nitrogen and oxygen atoms in total. The highest BCUT2D eigenvalue weighted by atomic mass is 16.4. The fourth-order valence-electron chi connectivity index (χ4n) is 4.14. The molecule has 1 aromatic carbocycles. The van der Waals surface area contributed by atoms with Crippen LogP contribution in [-0.4, -0.2) is 28.7 Å². The monoisotopic (exact) mass is 395 g/mol. The van der Waals surface area contributed by atoms with Gasteiger partial charge in [-0.2, -0.15) is 0 Å². The van der Waals surface area contributed by atoms with Crippen molar-refractivity contribution in [3.63, 3.8) is 0 Å². The highest BCUT2D eigenvalue weighted by molar-refractivity contribution is 6.01. The van der Waals surface area contributed by atoms with Crippen LogP contribution in [0.25, 0.3) is 0 Å². The summed E-state index contributed by atoms with van der Waals surface area (Å²) in [5.74, 6) is 4.60. The molecule has 0 radical (unpaired) electrons. The minimum atomic E-state index is -0.776. The standard InChI is InChI=1S/C23H25NO5/c25-20-14-16(17-11-12-21(26)24-23(17)29)13-19-15(8-6-9-18(19)20)7-4-2-1-3-5-10-22(27)28/h6,8-9,16-17H,1-3,5,10-14H2,(H,27,28)(H,24,26,29). The first-order valence-corrected chi connectivity index (χ1v) is 10.1. The van der Waals surface area contributed by atoms with Gasteiger partial charge in [0.2, 0.25) is 11.8 Å². The molecule has 6 heteroatoms. The van der Waals surface area contributed by atoms with Crippen LogP contribution in [0, 0.1) is 23.7 Å². The van der Waals surface area contributed by atoms with Gasteiger partial charge in [0.25, 0.3) is 0 Å². The summed E-state index contributed by atoms with van der Waals surface area (Å²) in [6.07, 6.45) is 4.91. The van der Waals surface area contributed by atoms with Gasteiger partial charge in [0.05, 0.1) is 0 Å². The number of carboxylic acids is 1. The Bertz CT molecular complexity index is 892. The minimum absolute atomic E-state index is 0.0262. The summed E-state index contributed by atoms with van der Waals surface area (Å²) in [5, 5.41) is 11.0. The maximum absolute atomic E-state index is 12.7. The van der Waals surface area contributed by atoms with Crippen LogP contribution in [-0.2, 0) is 20.8 Å². The molecule has 3 rings (SSSR count). The summed E-state index contributed by atoms with van der Waals surface area (Å²) in [5.41, 5.74) is 2.40. The fourth-order valence-corrected chi connectivity index (χ4v) is 4.14. The SMILES string of the molecule is O=C(O)CCCCCC#Cc1cccc2c1CC(C1CCC(=O)NC1=O)CC2=O. The van der Waals surface area contributed by atoms with Crippen LogP contribution in [0.15, 0.2) is 18.2 Å². The first kappa shape index (κ1) is 20.8. The third-order valence-corrected chi connectivity index (χ3v) is 5.66. The lowest BCUT2D eigenvalue weighted by Gasteiger charge is -2.32. The molecule has 2 amide bonds. The summed E-state index contributed by atoms with van der Waals surface area (Å²) in [6, 6.07) is 5.55. The highest BCUT2D eigenvalue weighted by Crippen LogP contribution is 2.35. The quantitative estimate of drug-likeness (QED) is 0.438. The van der Waals surface area contributed by atoms with Gasteiger partial charge in [-0.25, -0.2) is 0 Å². The second-order valence-corrected chi connectivity index (χ2v) is 7.74. The van der Waals surface area contributed by atoms with Crippen molar-refractivity contribution in [2.24, 2.45) is 11.8 Å². The van der Waals surface area contributed by atoms with Crippen LogP contribution in [0.3, 0.4) is 0 Å². The molecule has 1 aromatic rings. The van der Waals surface area contributed by atoms with Gasteiger partial charge in [0.1, 0.15) is 0 Å². The molecule has 0 spiro atoms. The van der Waals surface area contributed by atoms with Crippen molar-refractivity contribution >= 4 is 23.6 Å². The summed E-state index contributed by atoms with van der Waals surface area (Å²) in [4.78, 5) is 46.8. The molecule has 152 valence electrons. The van der Waals surface area contributed by atoms with E-state index in [1.54, 1.807) is 0 Å². The lowest BCUT2D eigenvalue weighted by Crippen LogP contribution is -2.45. The van der Waals surface area contributed by atoms with E-state index in [9.17, 15) is 19.2 Å². The summed E-state index contributed by atoms with van der Waals surface area (Å²) >= 11 is 0. The number of benzene rings is 1. The second-order valence-electron chi connectivity index (χ2n) is 7.74. The molecule has 29 heavy (non-hydrogen) atoms.